The summed E-state index contributed by atoms with van der Waals surface area (Å²) < 4.78 is 5.23. The van der Waals surface area contributed by atoms with E-state index in [1.165, 1.54) is 0 Å². The van der Waals surface area contributed by atoms with E-state index in [0.29, 0.717) is 25.7 Å². The van der Waals surface area contributed by atoms with Crippen molar-refractivity contribution in [1.29, 1.82) is 0 Å². The van der Waals surface area contributed by atoms with Crippen LogP contribution in [0.2, 0.25) is 0 Å². The molecule has 1 N–H and O–H groups in total. The molecule has 0 aromatic heterocycles. The third-order valence-electron chi connectivity index (χ3n) is 4.47. The lowest BCUT2D eigenvalue weighted by atomic mass is 9.91. The van der Waals surface area contributed by atoms with Crippen LogP contribution < -0.4 is 5.32 Å². The van der Waals surface area contributed by atoms with Gasteiger partial charge >= 0.3 is 5.97 Å². The van der Waals surface area contributed by atoms with Crippen LogP contribution in [-0.2, 0) is 32.0 Å². The Morgan fingerprint density at radius 1 is 1.29 bits per heavy atom. The van der Waals surface area contributed by atoms with Gasteiger partial charge in [-0.15, -0.1) is 0 Å². The molecule has 0 saturated heterocycles. The molecule has 24 heavy (non-hydrogen) atoms. The number of benzene rings is 1. The Hall–Kier alpha value is -2.17. The first-order chi connectivity index (χ1) is 11.3. The highest BCUT2D eigenvalue weighted by atomic mass is 16.5. The van der Waals surface area contributed by atoms with Crippen molar-refractivity contribution in [2.24, 2.45) is 5.41 Å². The van der Waals surface area contributed by atoms with Gasteiger partial charge in [0.25, 0.3) is 0 Å². The summed E-state index contributed by atoms with van der Waals surface area (Å²) in [6.07, 6.45) is 2.36. The van der Waals surface area contributed by atoms with Crippen molar-refractivity contribution in [3.05, 3.63) is 29.3 Å². The Morgan fingerprint density at radius 3 is 2.75 bits per heavy atom. The molecular formula is C19H25NO4. The molecule has 0 radical (unpaired) electrons. The quantitative estimate of drug-likeness (QED) is 0.587. The van der Waals surface area contributed by atoms with Gasteiger partial charge in [0.05, 0.1) is 18.4 Å². The Bertz CT molecular complexity index is 649. The number of Topliss-reactive ketones (excluding diaryl/α,β-unsaturated/α-hetero) is 1. The maximum Gasteiger partial charge on any atom is 0.311 e. The molecule has 0 aliphatic carbocycles. The standard InChI is InChI=1S/C19H25NO4/c1-4-19(2,3)18(23)24-9-5-6-15(21)11-13-7-8-16-14(10-13)12-17(22)20-16/h7-8,10H,4-6,9,11-12H2,1-3H3,(H,20,22). The van der Waals surface area contributed by atoms with E-state index in [1.54, 1.807) is 0 Å². The van der Waals surface area contributed by atoms with Crippen molar-refractivity contribution in [3.63, 3.8) is 0 Å². The molecular weight excluding hydrogens is 306 g/mol. The first kappa shape index (κ1) is 18.2. The normalized spacial score (nSPS) is 13.4. The van der Waals surface area contributed by atoms with Crippen LogP contribution in [-0.4, -0.2) is 24.3 Å². The molecule has 2 rings (SSSR count). The topological polar surface area (TPSA) is 72.5 Å². The van der Waals surface area contributed by atoms with E-state index in [0.717, 1.165) is 23.2 Å². The lowest BCUT2D eigenvalue weighted by Gasteiger charge is -2.20. The van der Waals surface area contributed by atoms with Gasteiger partial charge in [0.15, 0.2) is 0 Å². The maximum atomic E-state index is 12.1. The van der Waals surface area contributed by atoms with Crippen molar-refractivity contribution in [2.75, 3.05) is 11.9 Å². The second kappa shape index (κ2) is 7.60. The molecule has 5 nitrogen and oxygen atoms in total. The van der Waals surface area contributed by atoms with Crippen molar-refractivity contribution in [1.82, 2.24) is 0 Å². The van der Waals surface area contributed by atoms with E-state index in [9.17, 15) is 14.4 Å². The summed E-state index contributed by atoms with van der Waals surface area (Å²) in [5, 5.41) is 2.77. The zero-order chi connectivity index (χ0) is 17.7. The number of ether oxygens (including phenoxy) is 1. The van der Waals surface area contributed by atoms with Crippen molar-refractivity contribution >= 4 is 23.3 Å². The highest BCUT2D eigenvalue weighted by molar-refractivity contribution is 5.99. The summed E-state index contributed by atoms with van der Waals surface area (Å²) in [5.41, 5.74) is 2.22. The Balaban J connectivity index is 1.74. The number of rotatable bonds is 8. The first-order valence-electron chi connectivity index (χ1n) is 8.42. The van der Waals surface area contributed by atoms with Crippen molar-refractivity contribution in [2.45, 2.75) is 52.9 Å². The molecule has 1 aliphatic heterocycles. The molecule has 130 valence electrons. The number of nitrogens with one attached hydrogen (secondary N) is 1. The minimum Gasteiger partial charge on any atom is -0.465 e. The van der Waals surface area contributed by atoms with Crippen molar-refractivity contribution < 1.29 is 19.1 Å². The number of carbonyl (C=O) groups excluding carboxylic acids is 3. The van der Waals surface area contributed by atoms with E-state index in [-0.39, 0.29) is 24.3 Å². The van der Waals surface area contributed by atoms with E-state index in [2.05, 4.69) is 5.32 Å². The van der Waals surface area contributed by atoms with Crippen LogP contribution in [0, 0.1) is 5.41 Å². The Morgan fingerprint density at radius 2 is 2.04 bits per heavy atom. The number of anilines is 1. The minimum absolute atomic E-state index is 0.00899. The minimum atomic E-state index is -0.472. The zero-order valence-electron chi connectivity index (χ0n) is 14.6. The van der Waals surface area contributed by atoms with Gasteiger partial charge in [-0.25, -0.2) is 0 Å². The fourth-order valence-corrected chi connectivity index (χ4v) is 2.48. The highest BCUT2D eigenvalue weighted by Crippen LogP contribution is 2.24. The van der Waals surface area contributed by atoms with Crippen LogP contribution in [0.3, 0.4) is 0 Å². The predicted molar refractivity (Wildman–Crippen MR) is 91.8 cm³/mol. The first-order valence-corrected chi connectivity index (χ1v) is 8.42. The summed E-state index contributed by atoms with van der Waals surface area (Å²) in [4.78, 5) is 35.2. The SMILES string of the molecule is CCC(C)(C)C(=O)OCCCC(=O)Cc1ccc2c(c1)CC(=O)N2. The summed E-state index contributed by atoms with van der Waals surface area (Å²) in [5.74, 6) is -0.114. The van der Waals surface area contributed by atoms with Gasteiger partial charge < -0.3 is 10.1 Å². The Labute approximate surface area is 142 Å². The molecule has 0 bridgehead atoms. The van der Waals surface area contributed by atoms with Crippen LogP contribution in [0.1, 0.15) is 51.2 Å². The number of carbonyl (C=O) groups is 3. The number of amides is 1. The fourth-order valence-electron chi connectivity index (χ4n) is 2.48. The summed E-state index contributed by atoms with van der Waals surface area (Å²) in [6.45, 7) is 5.93. The summed E-state index contributed by atoms with van der Waals surface area (Å²) >= 11 is 0. The van der Waals surface area contributed by atoms with Gasteiger partial charge in [-0.3, -0.25) is 14.4 Å². The highest BCUT2D eigenvalue weighted by Gasteiger charge is 2.26. The molecule has 5 heteroatoms. The molecule has 0 fully saturated rings. The van der Waals surface area contributed by atoms with Gasteiger partial charge in [-0.2, -0.15) is 0 Å². The molecule has 0 spiro atoms. The number of esters is 1. The van der Waals surface area contributed by atoms with Crippen LogP contribution in [0.5, 0.6) is 0 Å². The second-order valence-electron chi connectivity index (χ2n) is 6.91. The average molecular weight is 331 g/mol. The van der Waals surface area contributed by atoms with Crippen molar-refractivity contribution in [3.8, 4) is 0 Å². The van der Waals surface area contributed by atoms with E-state index in [1.807, 2.05) is 39.0 Å². The number of fused-ring (bicyclic) bond motifs is 1. The molecule has 1 amide bonds. The lowest BCUT2D eigenvalue weighted by molar-refractivity contribution is -0.154. The number of hydrogen-bond acceptors (Lipinski definition) is 4. The Kier molecular flexibility index (Phi) is 5.75. The predicted octanol–water partition coefficient (Wildman–Crippen LogP) is 3.05. The van der Waals surface area contributed by atoms with Crippen LogP contribution in [0.25, 0.3) is 0 Å². The molecule has 0 saturated carbocycles. The van der Waals surface area contributed by atoms with Gasteiger partial charge in [0.2, 0.25) is 5.91 Å². The monoisotopic (exact) mass is 331 g/mol. The van der Waals surface area contributed by atoms with Crippen LogP contribution in [0.15, 0.2) is 18.2 Å². The van der Waals surface area contributed by atoms with Crippen LogP contribution >= 0.6 is 0 Å². The average Bonchev–Trinajstić information content (AvgIpc) is 2.90. The lowest BCUT2D eigenvalue weighted by Crippen LogP contribution is -2.26. The molecule has 1 aromatic carbocycles. The number of ketones is 1. The van der Waals surface area contributed by atoms with E-state index < -0.39 is 5.41 Å². The summed E-state index contributed by atoms with van der Waals surface area (Å²) in [6, 6.07) is 5.62. The molecule has 1 aromatic rings. The van der Waals surface area contributed by atoms with Gasteiger partial charge in [0, 0.05) is 18.5 Å². The molecule has 0 atom stereocenters. The van der Waals surface area contributed by atoms with Gasteiger partial charge in [-0.05, 0) is 43.9 Å². The molecule has 0 unspecified atom stereocenters. The third-order valence-corrected chi connectivity index (χ3v) is 4.47. The smallest absolute Gasteiger partial charge is 0.311 e. The zero-order valence-corrected chi connectivity index (χ0v) is 14.6. The largest absolute Gasteiger partial charge is 0.465 e. The van der Waals surface area contributed by atoms with Gasteiger partial charge in [-0.1, -0.05) is 19.1 Å². The third kappa shape index (κ3) is 4.66. The maximum absolute atomic E-state index is 12.1. The molecule has 1 heterocycles. The van der Waals surface area contributed by atoms with E-state index in [4.69, 9.17) is 4.74 Å². The second-order valence-corrected chi connectivity index (χ2v) is 6.91. The van der Waals surface area contributed by atoms with E-state index >= 15 is 0 Å². The van der Waals surface area contributed by atoms with Crippen LogP contribution in [0.4, 0.5) is 5.69 Å². The fraction of sp³-hybridized carbons (Fsp3) is 0.526. The number of hydrogen-bond donors (Lipinski definition) is 1. The summed E-state index contributed by atoms with van der Waals surface area (Å²) in [7, 11) is 0. The molecule has 1 aliphatic rings. The van der Waals surface area contributed by atoms with Gasteiger partial charge in [0.1, 0.15) is 5.78 Å².